The zero-order valence-electron chi connectivity index (χ0n) is 18.9. The molecule has 9 heteroatoms. The van der Waals surface area contributed by atoms with Gasteiger partial charge in [-0.15, -0.1) is 0 Å². The molecule has 3 aromatic rings. The average molecular weight is 453 g/mol. The van der Waals surface area contributed by atoms with Gasteiger partial charge in [-0.1, -0.05) is 0 Å². The minimum absolute atomic E-state index is 0.00982. The molecule has 33 heavy (non-hydrogen) atoms. The van der Waals surface area contributed by atoms with Crippen LogP contribution in [0.1, 0.15) is 29.3 Å². The molecule has 174 valence electrons. The zero-order valence-corrected chi connectivity index (χ0v) is 18.9. The van der Waals surface area contributed by atoms with Gasteiger partial charge in [0.25, 0.3) is 0 Å². The summed E-state index contributed by atoms with van der Waals surface area (Å²) in [6.45, 7) is 2.98. The van der Waals surface area contributed by atoms with E-state index in [0.29, 0.717) is 34.9 Å². The minimum Gasteiger partial charge on any atom is -0.497 e. The Kier molecular flexibility index (Phi) is 6.50. The number of aliphatic hydroxyl groups excluding tert-OH is 1. The fourth-order valence-corrected chi connectivity index (χ4v) is 3.99. The van der Waals surface area contributed by atoms with Crippen LogP contribution in [-0.2, 0) is 11.3 Å². The number of rotatable bonds is 8. The van der Waals surface area contributed by atoms with Crippen LogP contribution in [-0.4, -0.2) is 60.6 Å². The van der Waals surface area contributed by atoms with Crippen molar-refractivity contribution in [3.8, 4) is 11.5 Å². The van der Waals surface area contributed by atoms with Gasteiger partial charge in [0, 0.05) is 24.4 Å². The van der Waals surface area contributed by atoms with Crippen molar-refractivity contribution in [1.82, 2.24) is 9.55 Å². The Balaban J connectivity index is 1.87. The molecule has 1 N–H and O–H groups in total. The summed E-state index contributed by atoms with van der Waals surface area (Å²) in [6, 6.07) is 8.90. The molecule has 1 aromatic carbocycles. The van der Waals surface area contributed by atoms with E-state index in [1.807, 2.05) is 17.0 Å². The number of fused-ring (bicyclic) bond motifs is 1. The second-order valence-electron chi connectivity index (χ2n) is 7.76. The largest absolute Gasteiger partial charge is 0.497 e. The number of hydrogen-bond donors (Lipinski definition) is 1. The number of nitrogens with zero attached hydrogens (tertiary/aromatic N) is 3. The van der Waals surface area contributed by atoms with E-state index in [9.17, 15) is 14.7 Å². The van der Waals surface area contributed by atoms with Crippen molar-refractivity contribution in [3.63, 3.8) is 0 Å². The Bertz CT molecular complexity index is 1240. The maximum atomic E-state index is 13.1. The van der Waals surface area contributed by atoms with Gasteiger partial charge in [0.05, 0.1) is 45.4 Å². The number of hydrogen-bond acceptors (Lipinski definition) is 8. The van der Waals surface area contributed by atoms with Crippen LogP contribution in [0.2, 0.25) is 0 Å². The topological polar surface area (TPSA) is 103 Å². The standard InChI is InChI=1S/C24H27N3O6/c1-4-33-24(30)19-13-26(12-15-5-6-17(31-2)11-20(15)32-3)23-18(22(19)29)7-8-21(25-23)27-10-9-16(27)14-28/h5-8,11,13,16,28H,4,9-10,12,14H2,1-3H3. The van der Waals surface area contributed by atoms with Crippen molar-refractivity contribution in [2.75, 3.05) is 38.9 Å². The van der Waals surface area contributed by atoms with Crippen molar-refractivity contribution in [2.24, 2.45) is 0 Å². The number of anilines is 1. The molecule has 1 saturated heterocycles. The Morgan fingerprint density at radius 3 is 2.67 bits per heavy atom. The smallest absolute Gasteiger partial charge is 0.343 e. The molecule has 4 rings (SSSR count). The third-order valence-electron chi connectivity index (χ3n) is 5.89. The molecule has 0 bridgehead atoms. The van der Waals surface area contributed by atoms with Gasteiger partial charge in [-0.25, -0.2) is 9.78 Å². The zero-order chi connectivity index (χ0) is 23.5. The number of pyridine rings is 2. The first kappa shape index (κ1) is 22.6. The monoisotopic (exact) mass is 453 g/mol. The van der Waals surface area contributed by atoms with Crippen molar-refractivity contribution in [2.45, 2.75) is 25.9 Å². The SMILES string of the molecule is CCOC(=O)c1cn(Cc2ccc(OC)cc2OC)c2nc(N3CCC3CO)ccc2c1=O. The van der Waals surface area contributed by atoms with Crippen LogP contribution in [0.25, 0.3) is 11.0 Å². The van der Waals surface area contributed by atoms with E-state index in [0.717, 1.165) is 18.5 Å². The van der Waals surface area contributed by atoms with Crippen molar-refractivity contribution < 1.29 is 24.1 Å². The predicted molar refractivity (Wildman–Crippen MR) is 123 cm³/mol. The normalized spacial score (nSPS) is 15.3. The Morgan fingerprint density at radius 1 is 1.21 bits per heavy atom. The van der Waals surface area contributed by atoms with Gasteiger partial charge >= 0.3 is 5.97 Å². The number of benzene rings is 1. The Hall–Kier alpha value is -3.59. The summed E-state index contributed by atoms with van der Waals surface area (Å²) in [4.78, 5) is 32.3. The molecule has 1 atom stereocenters. The summed E-state index contributed by atoms with van der Waals surface area (Å²) in [5, 5.41) is 9.89. The lowest BCUT2D eigenvalue weighted by atomic mass is 10.0. The molecule has 1 fully saturated rings. The van der Waals surface area contributed by atoms with E-state index in [2.05, 4.69) is 0 Å². The highest BCUT2D eigenvalue weighted by Crippen LogP contribution is 2.28. The number of methoxy groups -OCH3 is 2. The first-order valence-electron chi connectivity index (χ1n) is 10.8. The van der Waals surface area contributed by atoms with Gasteiger partial charge in [0.2, 0.25) is 5.43 Å². The van der Waals surface area contributed by atoms with Gasteiger partial charge in [-0.3, -0.25) is 4.79 Å². The lowest BCUT2D eigenvalue weighted by molar-refractivity contribution is 0.0524. The van der Waals surface area contributed by atoms with Crippen LogP contribution in [0.5, 0.6) is 11.5 Å². The number of esters is 1. The fourth-order valence-electron chi connectivity index (χ4n) is 3.99. The lowest BCUT2D eigenvalue weighted by Gasteiger charge is -2.40. The highest BCUT2D eigenvalue weighted by Gasteiger charge is 2.29. The van der Waals surface area contributed by atoms with Gasteiger partial charge in [0.1, 0.15) is 28.5 Å². The minimum atomic E-state index is -0.674. The molecule has 0 saturated carbocycles. The van der Waals surface area contributed by atoms with Gasteiger partial charge in [0.15, 0.2) is 0 Å². The maximum absolute atomic E-state index is 13.1. The average Bonchev–Trinajstić information content (AvgIpc) is 2.80. The van der Waals surface area contributed by atoms with Crippen molar-refractivity contribution in [3.05, 3.63) is 57.9 Å². The van der Waals surface area contributed by atoms with Crippen molar-refractivity contribution >= 4 is 22.8 Å². The Morgan fingerprint density at radius 2 is 2.03 bits per heavy atom. The molecule has 1 unspecified atom stereocenters. The second-order valence-corrected chi connectivity index (χ2v) is 7.76. The van der Waals surface area contributed by atoms with Crippen molar-refractivity contribution in [1.29, 1.82) is 0 Å². The molecule has 0 aliphatic carbocycles. The molecule has 0 radical (unpaired) electrons. The fraction of sp³-hybridized carbons (Fsp3) is 0.375. The summed E-state index contributed by atoms with van der Waals surface area (Å²) in [5.74, 6) is 1.26. The van der Waals surface area contributed by atoms with E-state index in [4.69, 9.17) is 19.2 Å². The first-order valence-corrected chi connectivity index (χ1v) is 10.8. The third kappa shape index (κ3) is 4.23. The van der Waals surface area contributed by atoms with E-state index in [1.165, 1.54) is 6.20 Å². The molecular formula is C24H27N3O6. The van der Waals surface area contributed by atoms with Crippen LogP contribution in [0, 0.1) is 0 Å². The van der Waals surface area contributed by atoms with Crippen LogP contribution >= 0.6 is 0 Å². The van der Waals surface area contributed by atoms with Gasteiger partial charge < -0.3 is 28.8 Å². The van der Waals surface area contributed by atoms with E-state index in [-0.39, 0.29) is 24.8 Å². The summed E-state index contributed by atoms with van der Waals surface area (Å²) in [7, 11) is 3.15. The summed E-state index contributed by atoms with van der Waals surface area (Å²) >= 11 is 0. The molecule has 0 spiro atoms. The predicted octanol–water partition coefficient (Wildman–Crippen LogP) is 2.21. The molecular weight excluding hydrogens is 426 g/mol. The third-order valence-corrected chi connectivity index (χ3v) is 5.89. The number of aliphatic hydroxyl groups is 1. The molecule has 1 aliphatic rings. The molecule has 1 aliphatic heterocycles. The molecule has 2 aromatic heterocycles. The molecule has 9 nitrogen and oxygen atoms in total. The second kappa shape index (κ2) is 9.50. The number of aromatic nitrogens is 2. The van der Waals surface area contributed by atoms with E-state index in [1.54, 1.807) is 43.9 Å². The van der Waals surface area contributed by atoms with Crippen LogP contribution in [0.4, 0.5) is 5.82 Å². The number of ether oxygens (including phenoxy) is 3. The summed E-state index contributed by atoms with van der Waals surface area (Å²) in [5.41, 5.74) is 0.779. The van der Waals surface area contributed by atoms with Gasteiger partial charge in [-0.05, 0) is 37.6 Å². The lowest BCUT2D eigenvalue weighted by Crippen LogP contribution is -2.50. The maximum Gasteiger partial charge on any atom is 0.343 e. The summed E-state index contributed by atoms with van der Waals surface area (Å²) in [6.07, 6.45) is 2.37. The first-order chi connectivity index (χ1) is 16.0. The quantitative estimate of drug-likeness (QED) is 0.518. The van der Waals surface area contributed by atoms with E-state index >= 15 is 0 Å². The van der Waals surface area contributed by atoms with Gasteiger partial charge in [-0.2, -0.15) is 0 Å². The van der Waals surface area contributed by atoms with Crippen LogP contribution in [0.3, 0.4) is 0 Å². The Labute approximate surface area is 191 Å². The highest BCUT2D eigenvalue weighted by molar-refractivity contribution is 5.93. The highest BCUT2D eigenvalue weighted by atomic mass is 16.5. The number of carbonyl (C=O) groups excluding carboxylic acids is 1. The number of carbonyl (C=O) groups is 1. The van der Waals surface area contributed by atoms with Crippen LogP contribution in [0.15, 0.2) is 41.3 Å². The molecule has 0 amide bonds. The van der Waals surface area contributed by atoms with E-state index < -0.39 is 11.4 Å². The summed E-state index contributed by atoms with van der Waals surface area (Å²) < 4.78 is 17.7. The van der Waals surface area contributed by atoms with Crippen LogP contribution < -0.4 is 19.8 Å². The molecule has 3 heterocycles.